The van der Waals surface area contributed by atoms with Gasteiger partial charge in [0.15, 0.2) is 0 Å². The van der Waals surface area contributed by atoms with Crippen LogP contribution in [-0.4, -0.2) is 38.6 Å². The molecule has 2 aliphatic carbocycles. The molecule has 4 amide bonds. The van der Waals surface area contributed by atoms with Gasteiger partial charge in [-0.25, -0.2) is 0 Å². The van der Waals surface area contributed by atoms with Gasteiger partial charge in [-0.15, -0.1) is 11.3 Å². The van der Waals surface area contributed by atoms with Crippen LogP contribution < -0.4 is 10.2 Å². The summed E-state index contributed by atoms with van der Waals surface area (Å²) in [6.45, 7) is 2.19. The number of nitrogens with zero attached hydrogens (tertiary/aromatic N) is 2. The fourth-order valence-corrected chi connectivity index (χ4v) is 10.0. The van der Waals surface area contributed by atoms with Crippen LogP contribution >= 0.6 is 11.3 Å². The summed E-state index contributed by atoms with van der Waals surface area (Å²) in [5.74, 6) is -3.65. The van der Waals surface area contributed by atoms with E-state index in [9.17, 15) is 19.5 Å². The lowest BCUT2D eigenvalue weighted by Crippen LogP contribution is -2.55. The number of imide groups is 2. The Labute approximate surface area is 298 Å². The summed E-state index contributed by atoms with van der Waals surface area (Å²) in [7, 11) is 0. The van der Waals surface area contributed by atoms with Crippen LogP contribution in [-0.2, 0) is 37.6 Å². The molecule has 3 aliphatic heterocycles. The monoisotopic (exact) mass is 697 g/mol. The van der Waals surface area contributed by atoms with Crippen molar-refractivity contribution in [1.29, 1.82) is 0 Å². The van der Waals surface area contributed by atoms with Gasteiger partial charge in [0.1, 0.15) is 11.5 Å². The topological polar surface area (TPSA) is 116 Å². The zero-order valence-corrected chi connectivity index (χ0v) is 28.6. The molecule has 1 saturated carbocycles. The van der Waals surface area contributed by atoms with E-state index in [0.717, 1.165) is 27.2 Å². The van der Waals surface area contributed by atoms with Gasteiger partial charge in [-0.2, -0.15) is 5.01 Å². The minimum atomic E-state index is -1.38. The smallest absolute Gasteiger partial charge is 0.260 e. The predicted molar refractivity (Wildman–Crippen MR) is 190 cm³/mol. The maximum atomic E-state index is 15.3. The molecule has 51 heavy (non-hydrogen) atoms. The molecule has 4 aromatic rings. The second-order valence-corrected chi connectivity index (χ2v) is 15.2. The summed E-state index contributed by atoms with van der Waals surface area (Å²) in [5.41, 5.74) is 6.51. The number of likely N-dealkylation sites (tertiary alicyclic amines) is 1. The molecule has 2 saturated heterocycles. The Balaban J connectivity index is 1.21. The summed E-state index contributed by atoms with van der Waals surface area (Å²) in [6, 6.07) is 25.7. The molecular formula is C41H35N3O6S. The van der Waals surface area contributed by atoms with E-state index in [2.05, 4.69) is 11.5 Å². The van der Waals surface area contributed by atoms with Crippen LogP contribution in [0.3, 0.4) is 0 Å². The van der Waals surface area contributed by atoms with Crippen molar-refractivity contribution in [2.75, 3.05) is 5.43 Å². The number of hydrazine groups is 1. The van der Waals surface area contributed by atoms with E-state index in [4.69, 9.17) is 4.74 Å². The van der Waals surface area contributed by atoms with E-state index >= 15 is 4.79 Å². The normalized spacial score (nSPS) is 28.0. The van der Waals surface area contributed by atoms with E-state index in [-0.39, 0.29) is 42.3 Å². The van der Waals surface area contributed by atoms with Gasteiger partial charge in [0, 0.05) is 22.8 Å². The van der Waals surface area contributed by atoms with Gasteiger partial charge in [0.05, 0.1) is 41.7 Å². The van der Waals surface area contributed by atoms with Crippen molar-refractivity contribution >= 4 is 40.7 Å². The lowest BCUT2D eigenvalue weighted by atomic mass is 9.48. The molecule has 0 spiro atoms. The molecule has 1 aromatic heterocycles. The minimum absolute atomic E-state index is 0.0944. The molecule has 0 bridgehead atoms. The summed E-state index contributed by atoms with van der Waals surface area (Å²) in [4.78, 5) is 60.8. The van der Waals surface area contributed by atoms with Crippen LogP contribution in [0, 0.1) is 36.5 Å². The van der Waals surface area contributed by atoms with Gasteiger partial charge in [0.2, 0.25) is 11.8 Å². The summed E-state index contributed by atoms with van der Waals surface area (Å²) >= 11 is 1.50. The first-order chi connectivity index (χ1) is 24.8. The molecular weight excluding hydrogens is 663 g/mol. The summed E-state index contributed by atoms with van der Waals surface area (Å²) < 4.78 is 6.20. The zero-order valence-electron chi connectivity index (χ0n) is 27.8. The van der Waals surface area contributed by atoms with Crippen molar-refractivity contribution in [3.05, 3.63) is 135 Å². The first-order valence-corrected chi connectivity index (χ1v) is 18.2. The van der Waals surface area contributed by atoms with Crippen LogP contribution in [0.1, 0.15) is 34.4 Å². The number of thiophene rings is 1. The zero-order chi connectivity index (χ0) is 35.0. The number of benzene rings is 3. The van der Waals surface area contributed by atoms with Gasteiger partial charge < -0.3 is 9.84 Å². The number of carbonyl (C=O) groups excluding carboxylic acids is 4. The fraction of sp³-hybridized carbons (Fsp3) is 0.268. The molecule has 10 heteroatoms. The third-order valence-electron chi connectivity index (χ3n) is 11.5. The number of rotatable bonds is 6. The number of phenols is 1. The van der Waals surface area contributed by atoms with Gasteiger partial charge in [0.25, 0.3) is 11.8 Å². The van der Waals surface area contributed by atoms with Crippen molar-refractivity contribution in [3.63, 3.8) is 0 Å². The Hall–Kier alpha value is -5.48. The second-order valence-electron chi connectivity index (χ2n) is 14.2. The van der Waals surface area contributed by atoms with Crippen LogP contribution in [0.25, 0.3) is 0 Å². The van der Waals surface area contributed by atoms with Crippen molar-refractivity contribution in [2.45, 2.75) is 38.1 Å². The standard InChI is InChI=1S/C41H35N3O6S/c1-23-9-11-27(12-10-23)42-44-38(47)33-20-32-30(14-15-31-35(32)39(48)43(37(31)46)21-29-8-5-17-51-29)36(41(33,40(44)49)26-6-3-2-4-7-26)25-18-24-19-28(45)13-16-34(24)50-22-25/h2-14,16-17,19,22,31-33,35-36,42,45H,15,18,20-21H2,1H3. The Bertz CT molecular complexity index is 2160. The first kappa shape index (κ1) is 31.5. The van der Waals surface area contributed by atoms with Crippen LogP contribution in [0.15, 0.2) is 114 Å². The number of hydrogen-bond acceptors (Lipinski definition) is 8. The second kappa shape index (κ2) is 11.8. The average Bonchev–Trinajstić information content (AvgIpc) is 3.81. The molecule has 2 N–H and O–H groups in total. The van der Waals surface area contributed by atoms with Crippen molar-refractivity contribution in [3.8, 4) is 11.5 Å². The Kier molecular flexibility index (Phi) is 7.29. The Morgan fingerprint density at radius 1 is 0.922 bits per heavy atom. The number of nitrogens with one attached hydrogen (secondary N) is 1. The van der Waals surface area contributed by atoms with Crippen LogP contribution in [0.2, 0.25) is 0 Å². The van der Waals surface area contributed by atoms with Gasteiger partial charge in [-0.05, 0) is 78.6 Å². The number of amides is 4. The molecule has 256 valence electrons. The maximum Gasteiger partial charge on any atom is 0.260 e. The lowest BCUT2D eigenvalue weighted by Gasteiger charge is -2.51. The number of hydrogen-bond donors (Lipinski definition) is 2. The third-order valence-corrected chi connectivity index (χ3v) is 12.4. The highest BCUT2D eigenvalue weighted by molar-refractivity contribution is 7.09. The van der Waals surface area contributed by atoms with Crippen molar-refractivity contribution in [1.82, 2.24) is 9.91 Å². The SMILES string of the molecule is Cc1ccc(NN2C(=O)C3CC4C(=CCC5C(=O)N(Cc6cccs6)C(=O)C54)C(C4=COc5ccc(O)cc5C4)C3(c3ccccc3)C2=O)cc1. The highest BCUT2D eigenvalue weighted by Gasteiger charge is 2.70. The summed E-state index contributed by atoms with van der Waals surface area (Å²) in [5, 5.41) is 13.5. The van der Waals surface area contributed by atoms with Crippen molar-refractivity contribution in [2.24, 2.45) is 29.6 Å². The van der Waals surface area contributed by atoms with Crippen molar-refractivity contribution < 1.29 is 29.0 Å². The number of carbonyl (C=O) groups is 4. The molecule has 0 radical (unpaired) electrons. The molecule has 6 atom stereocenters. The van der Waals surface area contributed by atoms with E-state index < -0.39 is 35.0 Å². The quantitative estimate of drug-likeness (QED) is 0.180. The highest BCUT2D eigenvalue weighted by Crippen LogP contribution is 2.63. The van der Waals surface area contributed by atoms with E-state index in [1.807, 2.05) is 79.0 Å². The number of aryl methyl sites for hydroxylation is 1. The molecule has 4 heterocycles. The number of anilines is 1. The Morgan fingerprint density at radius 2 is 1.73 bits per heavy atom. The summed E-state index contributed by atoms with van der Waals surface area (Å²) in [6.07, 6.45) is 4.68. The number of allylic oxidation sites excluding steroid dienone is 3. The number of phenolic OH excluding ortho intramolecular Hbond substituents is 1. The third kappa shape index (κ3) is 4.72. The fourth-order valence-electron chi connectivity index (χ4n) is 9.34. The van der Waals surface area contributed by atoms with E-state index in [0.29, 0.717) is 29.8 Å². The van der Waals surface area contributed by atoms with Gasteiger partial charge >= 0.3 is 0 Å². The minimum Gasteiger partial charge on any atom is -0.508 e. The molecule has 3 fully saturated rings. The van der Waals surface area contributed by atoms with E-state index in [1.54, 1.807) is 24.5 Å². The molecule has 3 aromatic carbocycles. The largest absolute Gasteiger partial charge is 0.508 e. The van der Waals surface area contributed by atoms with Gasteiger partial charge in [-0.3, -0.25) is 29.5 Å². The van der Waals surface area contributed by atoms with E-state index in [1.165, 1.54) is 21.2 Å². The predicted octanol–water partition coefficient (Wildman–Crippen LogP) is 6.30. The lowest BCUT2D eigenvalue weighted by molar-refractivity contribution is -0.141. The number of aromatic hydroxyl groups is 1. The maximum absolute atomic E-state index is 15.3. The van der Waals surface area contributed by atoms with Crippen LogP contribution in [0.4, 0.5) is 5.69 Å². The Morgan fingerprint density at radius 3 is 2.49 bits per heavy atom. The molecule has 6 unspecified atom stereocenters. The highest BCUT2D eigenvalue weighted by atomic mass is 32.1. The van der Waals surface area contributed by atoms with Crippen LogP contribution in [0.5, 0.6) is 11.5 Å². The average molecular weight is 698 g/mol. The molecule has 5 aliphatic rings. The number of fused-ring (bicyclic) bond motifs is 5. The first-order valence-electron chi connectivity index (χ1n) is 17.3. The molecule has 9 nitrogen and oxygen atoms in total. The molecule has 9 rings (SSSR count). The van der Waals surface area contributed by atoms with Gasteiger partial charge in [-0.1, -0.05) is 65.7 Å². The number of ether oxygens (including phenoxy) is 1.